The topological polar surface area (TPSA) is 91.3 Å². The summed E-state index contributed by atoms with van der Waals surface area (Å²) in [5.74, 6) is 0.629. The highest BCUT2D eigenvalue weighted by Crippen LogP contribution is 2.36. The highest BCUT2D eigenvalue weighted by atomic mass is 35.5. The number of benzene rings is 1. The molecule has 0 spiro atoms. The van der Waals surface area contributed by atoms with Gasteiger partial charge in [0.25, 0.3) is 5.91 Å². The number of carbonyl (C=O) groups excluding carboxylic acids is 1. The quantitative estimate of drug-likeness (QED) is 0.600. The number of halogens is 1. The molecule has 1 aromatic rings. The van der Waals surface area contributed by atoms with E-state index in [0.717, 1.165) is 32.4 Å². The van der Waals surface area contributed by atoms with Crippen molar-refractivity contribution in [3.8, 4) is 11.5 Å². The van der Waals surface area contributed by atoms with Crippen LogP contribution in [0.1, 0.15) is 29.6 Å². The van der Waals surface area contributed by atoms with Gasteiger partial charge in [0.1, 0.15) is 13.2 Å². The van der Waals surface area contributed by atoms with Crippen LogP contribution in [0.3, 0.4) is 0 Å². The van der Waals surface area contributed by atoms with Crippen molar-refractivity contribution in [3.05, 3.63) is 22.7 Å². The molecular formula is C19H27ClN2O5. The molecule has 2 aliphatic rings. The molecule has 2 heterocycles. The summed E-state index contributed by atoms with van der Waals surface area (Å²) in [6, 6.07) is 3.22. The van der Waals surface area contributed by atoms with E-state index in [1.54, 1.807) is 12.1 Å². The van der Waals surface area contributed by atoms with Crippen LogP contribution < -0.4 is 14.8 Å². The van der Waals surface area contributed by atoms with Crippen molar-refractivity contribution in [1.29, 1.82) is 0 Å². The molecule has 7 nitrogen and oxygen atoms in total. The van der Waals surface area contributed by atoms with E-state index in [9.17, 15) is 9.90 Å². The fourth-order valence-corrected chi connectivity index (χ4v) is 3.75. The van der Waals surface area contributed by atoms with Crippen LogP contribution in [0, 0.1) is 5.92 Å². The van der Waals surface area contributed by atoms with Crippen molar-refractivity contribution in [1.82, 2.24) is 10.2 Å². The summed E-state index contributed by atoms with van der Waals surface area (Å²) in [4.78, 5) is 14.8. The van der Waals surface area contributed by atoms with Crippen LogP contribution in [0.25, 0.3) is 0 Å². The molecule has 0 radical (unpaired) electrons. The first-order valence-electron chi connectivity index (χ1n) is 9.47. The van der Waals surface area contributed by atoms with Crippen molar-refractivity contribution in [3.63, 3.8) is 0 Å². The first-order valence-corrected chi connectivity index (χ1v) is 9.85. The minimum Gasteiger partial charge on any atom is -0.486 e. The molecule has 27 heavy (non-hydrogen) atoms. The maximum atomic E-state index is 12.6. The van der Waals surface area contributed by atoms with Gasteiger partial charge in [-0.3, -0.25) is 4.79 Å². The molecule has 0 aromatic heterocycles. The predicted molar refractivity (Wildman–Crippen MR) is 102 cm³/mol. The number of β-amino-alcohol motifs (C(OH)–C–C–N with tert-alkyl or cyclic N) is 1. The number of carbonyl (C=O) groups is 1. The second-order valence-corrected chi connectivity index (χ2v) is 7.47. The zero-order valence-corrected chi connectivity index (χ0v) is 16.1. The Kier molecular flexibility index (Phi) is 7.18. The van der Waals surface area contributed by atoms with Gasteiger partial charge >= 0.3 is 0 Å². The Morgan fingerprint density at radius 2 is 2.11 bits per heavy atom. The number of nitrogens with zero attached hydrogens (tertiary/aromatic N) is 1. The number of ether oxygens (including phenoxy) is 2. The maximum Gasteiger partial charge on any atom is 0.255 e. The molecule has 2 atom stereocenters. The molecular weight excluding hydrogens is 372 g/mol. The molecule has 2 aliphatic heterocycles. The number of unbranched alkanes of at least 4 members (excludes halogenated alkanes) is 1. The summed E-state index contributed by atoms with van der Waals surface area (Å²) in [5.41, 5.74) is 0.355. The highest BCUT2D eigenvalue weighted by Gasteiger charge is 2.28. The third-order valence-electron chi connectivity index (χ3n) is 5.06. The Balaban J connectivity index is 1.53. The summed E-state index contributed by atoms with van der Waals surface area (Å²) < 4.78 is 11.1. The highest BCUT2D eigenvalue weighted by molar-refractivity contribution is 6.31. The normalized spacial score (nSPS) is 22.5. The zero-order valence-electron chi connectivity index (χ0n) is 15.3. The lowest BCUT2D eigenvalue weighted by Gasteiger charge is -2.36. The molecule has 3 N–H and O–H groups in total. The monoisotopic (exact) mass is 398 g/mol. The minimum atomic E-state index is -0.485. The fraction of sp³-hybridized carbons (Fsp3) is 0.632. The number of rotatable bonds is 7. The van der Waals surface area contributed by atoms with Gasteiger partial charge in [-0.1, -0.05) is 11.6 Å². The van der Waals surface area contributed by atoms with Crippen LogP contribution in [0.15, 0.2) is 12.1 Å². The van der Waals surface area contributed by atoms with Gasteiger partial charge in [-0.05, 0) is 38.4 Å². The predicted octanol–water partition coefficient (Wildman–Crippen LogP) is 1.30. The van der Waals surface area contributed by atoms with E-state index in [1.807, 2.05) is 0 Å². The van der Waals surface area contributed by atoms with Gasteiger partial charge in [-0.25, -0.2) is 0 Å². The van der Waals surface area contributed by atoms with Gasteiger partial charge in [0.05, 0.1) is 11.7 Å². The van der Waals surface area contributed by atoms with Gasteiger partial charge in [0, 0.05) is 36.7 Å². The number of fused-ring (bicyclic) bond motifs is 1. The summed E-state index contributed by atoms with van der Waals surface area (Å²) >= 11 is 6.09. The van der Waals surface area contributed by atoms with E-state index in [-0.39, 0.29) is 18.4 Å². The molecule has 1 fully saturated rings. The second kappa shape index (κ2) is 9.59. The summed E-state index contributed by atoms with van der Waals surface area (Å²) in [7, 11) is 0. The van der Waals surface area contributed by atoms with Crippen LogP contribution >= 0.6 is 11.6 Å². The fourth-order valence-electron chi connectivity index (χ4n) is 3.54. The molecule has 0 aliphatic carbocycles. The van der Waals surface area contributed by atoms with Crippen molar-refractivity contribution in [2.45, 2.75) is 25.4 Å². The lowest BCUT2D eigenvalue weighted by molar-refractivity contribution is 0.0212. The van der Waals surface area contributed by atoms with E-state index < -0.39 is 6.10 Å². The average molecular weight is 399 g/mol. The largest absolute Gasteiger partial charge is 0.486 e. The second-order valence-electron chi connectivity index (χ2n) is 7.03. The summed E-state index contributed by atoms with van der Waals surface area (Å²) in [6.45, 7) is 3.77. The van der Waals surface area contributed by atoms with Crippen LogP contribution in [0.2, 0.25) is 5.02 Å². The van der Waals surface area contributed by atoms with Gasteiger partial charge in [0.2, 0.25) is 0 Å². The number of likely N-dealkylation sites (tertiary alicyclic amines) is 1. The number of piperidine rings is 1. The Morgan fingerprint density at radius 1 is 1.30 bits per heavy atom. The van der Waals surface area contributed by atoms with E-state index in [1.165, 1.54) is 0 Å². The first-order chi connectivity index (χ1) is 13.1. The number of hydrogen-bond acceptors (Lipinski definition) is 6. The summed E-state index contributed by atoms with van der Waals surface area (Å²) in [6.07, 6.45) is 2.03. The van der Waals surface area contributed by atoms with Crippen LogP contribution in [0.4, 0.5) is 0 Å². The first kappa shape index (κ1) is 20.2. The molecule has 0 unspecified atom stereocenters. The van der Waals surface area contributed by atoms with Crippen LogP contribution in [-0.2, 0) is 0 Å². The van der Waals surface area contributed by atoms with Gasteiger partial charge in [0.15, 0.2) is 11.5 Å². The Hall–Kier alpha value is -1.54. The van der Waals surface area contributed by atoms with Crippen LogP contribution in [-0.4, -0.2) is 73.1 Å². The smallest absolute Gasteiger partial charge is 0.255 e. The molecule has 1 saturated heterocycles. The minimum absolute atomic E-state index is 0.00946. The third kappa shape index (κ3) is 5.25. The summed E-state index contributed by atoms with van der Waals surface area (Å²) in [5, 5.41) is 22.6. The lowest BCUT2D eigenvalue weighted by atomic mass is 9.93. The number of amides is 1. The molecule has 8 heteroatoms. The van der Waals surface area contributed by atoms with Gasteiger partial charge in [-0.15, -0.1) is 0 Å². The Labute approximate surface area is 164 Å². The van der Waals surface area contributed by atoms with Gasteiger partial charge in [-0.2, -0.15) is 0 Å². The molecule has 1 aromatic carbocycles. The molecule has 3 rings (SSSR count). The van der Waals surface area contributed by atoms with Gasteiger partial charge < -0.3 is 29.9 Å². The van der Waals surface area contributed by atoms with E-state index in [2.05, 4.69) is 10.2 Å². The Morgan fingerprint density at radius 3 is 2.89 bits per heavy atom. The molecule has 0 bridgehead atoms. The number of aliphatic hydroxyl groups is 2. The van der Waals surface area contributed by atoms with Crippen molar-refractivity contribution >= 4 is 17.5 Å². The molecule has 150 valence electrons. The van der Waals surface area contributed by atoms with Crippen molar-refractivity contribution in [2.75, 3.05) is 46.0 Å². The average Bonchev–Trinajstić information content (AvgIpc) is 2.66. The number of aliphatic hydroxyl groups excluding tert-OH is 2. The standard InChI is InChI=1S/C19H27ClN2O5/c20-14-9-15(18-17(10-14)26-7-8-27-18)19(25)21-11-13-3-5-22(12-16(13)24)4-1-2-6-23/h9-10,13,16,23-24H,1-8,11-12H2,(H,21,25)/t13-,16+/m0/s1. The van der Waals surface area contributed by atoms with E-state index >= 15 is 0 Å². The zero-order chi connectivity index (χ0) is 19.2. The van der Waals surface area contributed by atoms with Crippen LogP contribution in [0.5, 0.6) is 11.5 Å². The van der Waals surface area contributed by atoms with Crippen molar-refractivity contribution < 1.29 is 24.5 Å². The van der Waals surface area contributed by atoms with Crippen molar-refractivity contribution in [2.24, 2.45) is 5.92 Å². The molecule has 0 saturated carbocycles. The third-order valence-corrected chi connectivity index (χ3v) is 5.28. The number of nitrogens with one attached hydrogen (secondary N) is 1. The SMILES string of the molecule is O=C(NC[C@@H]1CCN(CCCCO)C[C@H]1O)c1cc(Cl)cc2c1OCCO2. The lowest BCUT2D eigenvalue weighted by Crippen LogP contribution is -2.47. The van der Waals surface area contributed by atoms with E-state index in [4.69, 9.17) is 26.2 Å². The Bertz CT molecular complexity index is 657. The van der Waals surface area contributed by atoms with E-state index in [0.29, 0.717) is 48.4 Å². The number of hydrogen-bond donors (Lipinski definition) is 3. The maximum absolute atomic E-state index is 12.6. The molecule has 1 amide bonds.